The van der Waals surface area contributed by atoms with Crippen molar-refractivity contribution in [3.63, 3.8) is 0 Å². The average molecular weight is 271 g/mol. The molecule has 1 fully saturated rings. The van der Waals surface area contributed by atoms with Gasteiger partial charge < -0.3 is 20.2 Å². The molecule has 0 spiro atoms. The summed E-state index contributed by atoms with van der Waals surface area (Å²) >= 11 is 0. The fourth-order valence-electron chi connectivity index (χ4n) is 3.27. The van der Waals surface area contributed by atoms with Crippen LogP contribution in [0, 0.1) is 5.92 Å². The summed E-state index contributed by atoms with van der Waals surface area (Å²) in [5.74, 6) is 0.624. The van der Waals surface area contributed by atoms with Crippen LogP contribution in [0.2, 0.25) is 0 Å². The maximum Gasteiger partial charge on any atom is 0.0616 e. The molecule has 1 aliphatic carbocycles. The molecule has 0 aromatic heterocycles. The number of hydrogen-bond donors (Lipinski definition) is 2. The molecule has 2 N–H and O–H groups in total. The lowest BCUT2D eigenvalue weighted by Gasteiger charge is -2.35. The van der Waals surface area contributed by atoms with E-state index >= 15 is 0 Å². The first-order valence-corrected chi connectivity index (χ1v) is 7.73. The van der Waals surface area contributed by atoms with Crippen molar-refractivity contribution in [2.45, 2.75) is 38.1 Å². The highest BCUT2D eigenvalue weighted by Gasteiger charge is 2.41. The Bertz CT molecular complexity index is 248. The minimum Gasteiger partial charge on any atom is -0.394 e. The van der Waals surface area contributed by atoms with E-state index in [9.17, 15) is 5.11 Å². The summed E-state index contributed by atoms with van der Waals surface area (Å²) in [5, 5.41) is 13.3. The van der Waals surface area contributed by atoms with E-state index in [0.29, 0.717) is 5.92 Å². The highest BCUT2D eigenvalue weighted by molar-refractivity contribution is 4.98. The van der Waals surface area contributed by atoms with Gasteiger partial charge in [-0.25, -0.2) is 0 Å². The Kier molecular flexibility index (Phi) is 7.29. The first kappa shape index (κ1) is 16.9. The number of hydrogen-bond acceptors (Lipinski definition) is 4. The molecule has 19 heavy (non-hydrogen) atoms. The predicted octanol–water partition coefficient (Wildman–Crippen LogP) is 1.01. The molecule has 0 radical (unpaired) electrons. The van der Waals surface area contributed by atoms with Gasteiger partial charge in [-0.3, -0.25) is 0 Å². The van der Waals surface area contributed by atoms with E-state index in [2.05, 4.69) is 43.2 Å². The monoisotopic (exact) mass is 271 g/mol. The highest BCUT2D eigenvalue weighted by atomic mass is 16.3. The molecule has 0 saturated heterocycles. The molecule has 2 atom stereocenters. The van der Waals surface area contributed by atoms with Crippen LogP contribution in [0.3, 0.4) is 0 Å². The molecule has 114 valence electrons. The number of rotatable bonds is 9. The Morgan fingerprint density at radius 1 is 1.21 bits per heavy atom. The normalized spacial score (nSPS) is 27.6. The zero-order chi connectivity index (χ0) is 14.3. The van der Waals surface area contributed by atoms with E-state index in [4.69, 9.17) is 0 Å². The van der Waals surface area contributed by atoms with Gasteiger partial charge >= 0.3 is 0 Å². The maximum atomic E-state index is 9.78. The molecular weight excluding hydrogens is 238 g/mol. The van der Waals surface area contributed by atoms with Gasteiger partial charge in [-0.15, -0.1) is 0 Å². The molecule has 4 nitrogen and oxygen atoms in total. The van der Waals surface area contributed by atoms with E-state index < -0.39 is 0 Å². The van der Waals surface area contributed by atoms with Gasteiger partial charge in [0.2, 0.25) is 0 Å². The van der Waals surface area contributed by atoms with Crippen molar-refractivity contribution in [1.29, 1.82) is 0 Å². The lowest BCUT2D eigenvalue weighted by molar-refractivity contribution is 0.114. The number of nitrogens with one attached hydrogen (secondary N) is 1. The predicted molar refractivity (Wildman–Crippen MR) is 81.5 cm³/mol. The van der Waals surface area contributed by atoms with Crippen molar-refractivity contribution in [2.75, 3.05) is 53.9 Å². The van der Waals surface area contributed by atoms with Gasteiger partial charge in [0.15, 0.2) is 0 Å². The van der Waals surface area contributed by atoms with E-state index in [-0.39, 0.29) is 12.1 Å². The Morgan fingerprint density at radius 2 is 1.95 bits per heavy atom. The Labute approximate surface area is 119 Å². The smallest absolute Gasteiger partial charge is 0.0616 e. The Morgan fingerprint density at radius 3 is 2.53 bits per heavy atom. The lowest BCUT2D eigenvalue weighted by atomic mass is 9.85. The zero-order valence-corrected chi connectivity index (χ0v) is 13.3. The van der Waals surface area contributed by atoms with Crippen LogP contribution < -0.4 is 5.32 Å². The summed E-state index contributed by atoms with van der Waals surface area (Å²) in [6, 6.07) is 0. The molecule has 0 amide bonds. The summed E-state index contributed by atoms with van der Waals surface area (Å²) in [4.78, 5) is 4.63. The maximum absolute atomic E-state index is 9.78. The van der Waals surface area contributed by atoms with Crippen LogP contribution in [0.4, 0.5) is 0 Å². The first-order chi connectivity index (χ1) is 9.04. The van der Waals surface area contributed by atoms with Crippen molar-refractivity contribution in [3.05, 3.63) is 0 Å². The molecule has 1 aliphatic rings. The van der Waals surface area contributed by atoms with E-state index in [1.54, 1.807) is 0 Å². The van der Waals surface area contributed by atoms with Crippen LogP contribution in [0.25, 0.3) is 0 Å². The van der Waals surface area contributed by atoms with Crippen LogP contribution in [0.1, 0.15) is 32.6 Å². The first-order valence-electron chi connectivity index (χ1n) is 7.73. The van der Waals surface area contributed by atoms with Gasteiger partial charge in [0.25, 0.3) is 0 Å². The number of aliphatic hydroxyl groups is 1. The van der Waals surface area contributed by atoms with E-state index in [0.717, 1.165) is 32.6 Å². The molecule has 2 unspecified atom stereocenters. The second-order valence-electron chi connectivity index (χ2n) is 6.33. The average Bonchev–Trinajstić information content (AvgIpc) is 2.78. The topological polar surface area (TPSA) is 38.7 Å². The number of nitrogens with zero attached hydrogens (tertiary/aromatic N) is 2. The van der Waals surface area contributed by atoms with Crippen LogP contribution in [-0.4, -0.2) is 74.4 Å². The zero-order valence-electron chi connectivity index (χ0n) is 13.3. The Balaban J connectivity index is 2.38. The fourth-order valence-corrected chi connectivity index (χ4v) is 3.27. The van der Waals surface area contributed by atoms with Crippen LogP contribution in [-0.2, 0) is 0 Å². The summed E-state index contributed by atoms with van der Waals surface area (Å²) in [7, 11) is 6.44. The number of likely N-dealkylation sites (N-methyl/N-ethyl adjacent to an activating group) is 3. The van der Waals surface area contributed by atoms with E-state index in [1.807, 2.05) is 0 Å². The SMILES string of the molecule is CCNC1(CO)CCCC1CCN(C)CCN(C)C. The van der Waals surface area contributed by atoms with Crippen LogP contribution in [0.5, 0.6) is 0 Å². The van der Waals surface area contributed by atoms with Gasteiger partial charge in [0.05, 0.1) is 6.61 Å². The van der Waals surface area contributed by atoms with Crippen molar-refractivity contribution < 1.29 is 5.11 Å². The van der Waals surface area contributed by atoms with Gasteiger partial charge in [0, 0.05) is 18.6 Å². The van der Waals surface area contributed by atoms with Gasteiger partial charge in [-0.05, 0) is 59.4 Å². The minimum atomic E-state index is -0.00284. The standard InChI is InChI=1S/C15H33N3O/c1-5-16-15(13-19)9-6-7-14(15)8-10-18(4)12-11-17(2)3/h14,16,19H,5-13H2,1-4H3. The van der Waals surface area contributed by atoms with Crippen molar-refractivity contribution >= 4 is 0 Å². The summed E-state index contributed by atoms with van der Waals surface area (Å²) in [6.45, 7) is 6.73. The second-order valence-corrected chi connectivity index (χ2v) is 6.33. The van der Waals surface area contributed by atoms with Crippen LogP contribution in [0.15, 0.2) is 0 Å². The summed E-state index contributed by atoms with van der Waals surface area (Å²) in [6.07, 6.45) is 4.83. The highest BCUT2D eigenvalue weighted by Crippen LogP contribution is 2.37. The van der Waals surface area contributed by atoms with Gasteiger partial charge in [0.1, 0.15) is 0 Å². The molecule has 1 rings (SSSR count). The molecule has 0 heterocycles. The second kappa shape index (κ2) is 8.20. The third-order valence-corrected chi connectivity index (χ3v) is 4.56. The third kappa shape index (κ3) is 5.03. The summed E-state index contributed by atoms with van der Waals surface area (Å²) in [5.41, 5.74) is -0.00284. The molecule has 4 heteroatoms. The van der Waals surface area contributed by atoms with E-state index in [1.165, 1.54) is 19.3 Å². The van der Waals surface area contributed by atoms with Gasteiger partial charge in [-0.1, -0.05) is 13.3 Å². The molecule has 0 bridgehead atoms. The molecule has 0 aliphatic heterocycles. The summed E-state index contributed by atoms with van der Waals surface area (Å²) < 4.78 is 0. The fraction of sp³-hybridized carbons (Fsp3) is 1.00. The third-order valence-electron chi connectivity index (χ3n) is 4.56. The van der Waals surface area contributed by atoms with Crippen LogP contribution >= 0.6 is 0 Å². The number of aliphatic hydroxyl groups excluding tert-OH is 1. The molecular formula is C15H33N3O. The van der Waals surface area contributed by atoms with Crippen molar-refractivity contribution in [1.82, 2.24) is 15.1 Å². The minimum absolute atomic E-state index is 0.00284. The Hall–Kier alpha value is -0.160. The quantitative estimate of drug-likeness (QED) is 0.656. The van der Waals surface area contributed by atoms with Crippen molar-refractivity contribution in [2.24, 2.45) is 5.92 Å². The largest absolute Gasteiger partial charge is 0.394 e. The molecule has 1 saturated carbocycles. The molecule has 0 aromatic carbocycles. The molecule has 0 aromatic rings. The van der Waals surface area contributed by atoms with Gasteiger partial charge in [-0.2, -0.15) is 0 Å². The lowest BCUT2D eigenvalue weighted by Crippen LogP contribution is -2.51. The van der Waals surface area contributed by atoms with Crippen molar-refractivity contribution in [3.8, 4) is 0 Å².